The summed E-state index contributed by atoms with van der Waals surface area (Å²) in [6.45, 7) is 0. The van der Waals surface area contributed by atoms with E-state index in [1.54, 1.807) is 0 Å². The van der Waals surface area contributed by atoms with Crippen molar-refractivity contribution >= 4 is 98.0 Å². The van der Waals surface area contributed by atoms with Crippen LogP contribution in [0.4, 0.5) is 0 Å². The van der Waals surface area contributed by atoms with Crippen molar-refractivity contribution in [2.45, 2.75) is 0 Å². The average molecular weight is 805 g/mol. The molecule has 0 saturated heterocycles. The van der Waals surface area contributed by atoms with Crippen molar-refractivity contribution in [3.05, 3.63) is 194 Å². The molecule has 0 amide bonds. The van der Waals surface area contributed by atoms with Crippen molar-refractivity contribution < 1.29 is 8.83 Å². The Morgan fingerprint density at radius 2 is 0.921 bits per heavy atom. The molecule has 10 aromatic carbocycles. The molecule has 0 aliphatic heterocycles. The largest absolute Gasteiger partial charge is 0.456 e. The van der Waals surface area contributed by atoms with Gasteiger partial charge in [0.1, 0.15) is 22.3 Å². The summed E-state index contributed by atoms with van der Waals surface area (Å²) in [6, 6.07) is 68.1. The fourth-order valence-electron chi connectivity index (χ4n) is 9.91. The summed E-state index contributed by atoms with van der Waals surface area (Å²) >= 11 is 0. The van der Waals surface area contributed by atoms with E-state index in [1.807, 2.05) is 42.5 Å². The van der Waals surface area contributed by atoms with Crippen LogP contribution in [0.5, 0.6) is 0 Å². The van der Waals surface area contributed by atoms with Crippen LogP contribution < -0.4 is 0 Å². The minimum atomic E-state index is 0.542. The van der Waals surface area contributed by atoms with Gasteiger partial charge in [-0.1, -0.05) is 133 Å². The lowest BCUT2D eigenvalue weighted by molar-refractivity contribution is 0.668. The van der Waals surface area contributed by atoms with Crippen LogP contribution in [0.3, 0.4) is 0 Å². The molecule has 0 saturated carbocycles. The zero-order valence-electron chi connectivity index (χ0n) is 33.6. The van der Waals surface area contributed by atoms with Gasteiger partial charge in [-0.2, -0.15) is 0 Å². The molecule has 292 valence electrons. The van der Waals surface area contributed by atoms with Crippen LogP contribution in [-0.4, -0.2) is 19.5 Å². The van der Waals surface area contributed by atoms with Crippen molar-refractivity contribution in [3.63, 3.8) is 0 Å². The monoisotopic (exact) mass is 804 g/mol. The first-order chi connectivity index (χ1) is 31.2. The summed E-state index contributed by atoms with van der Waals surface area (Å²) in [6.07, 6.45) is 0. The van der Waals surface area contributed by atoms with E-state index in [4.69, 9.17) is 23.8 Å². The molecule has 6 heteroatoms. The third-order valence-electron chi connectivity index (χ3n) is 12.8. The van der Waals surface area contributed by atoms with Crippen LogP contribution in [0, 0.1) is 0 Å². The smallest absolute Gasteiger partial charge is 0.164 e. The Balaban J connectivity index is 1.09. The van der Waals surface area contributed by atoms with Gasteiger partial charge < -0.3 is 13.4 Å². The van der Waals surface area contributed by atoms with E-state index in [2.05, 4.69) is 156 Å². The van der Waals surface area contributed by atoms with Gasteiger partial charge in [0.05, 0.1) is 22.1 Å². The van der Waals surface area contributed by atoms with Gasteiger partial charge in [0.25, 0.3) is 0 Å². The summed E-state index contributed by atoms with van der Waals surface area (Å²) < 4.78 is 15.4. The van der Waals surface area contributed by atoms with E-state index >= 15 is 0 Å². The lowest BCUT2D eigenvalue weighted by Crippen LogP contribution is -2.02. The first-order valence-electron chi connectivity index (χ1n) is 21.2. The molecule has 0 radical (unpaired) electrons. The fourth-order valence-corrected chi connectivity index (χ4v) is 9.91. The molecule has 6 nitrogen and oxygen atoms in total. The Kier molecular flexibility index (Phi) is 7.02. The Labute approximate surface area is 358 Å². The molecule has 0 atom stereocenters. The normalized spacial score (nSPS) is 12.1. The second-order valence-electron chi connectivity index (χ2n) is 16.3. The van der Waals surface area contributed by atoms with Gasteiger partial charge in [-0.05, 0) is 93.0 Å². The molecular formula is C57H32N4O2. The number of nitrogens with zero attached hydrogens (tertiary/aromatic N) is 4. The maximum atomic E-state index is 6.79. The average Bonchev–Trinajstić information content (AvgIpc) is 4.02. The molecule has 0 N–H and O–H groups in total. The molecule has 4 heterocycles. The summed E-state index contributed by atoms with van der Waals surface area (Å²) in [5.41, 5.74) is 9.03. The third kappa shape index (κ3) is 5.09. The number of hydrogen-bond acceptors (Lipinski definition) is 5. The highest BCUT2D eigenvalue weighted by Crippen LogP contribution is 2.44. The highest BCUT2D eigenvalue weighted by atomic mass is 16.3. The first kappa shape index (κ1) is 34.1. The molecule has 0 bridgehead atoms. The zero-order chi connectivity index (χ0) is 41.2. The van der Waals surface area contributed by atoms with Crippen molar-refractivity contribution in [1.82, 2.24) is 19.5 Å². The Morgan fingerprint density at radius 1 is 0.317 bits per heavy atom. The minimum absolute atomic E-state index is 0.542. The predicted molar refractivity (Wildman–Crippen MR) is 258 cm³/mol. The highest BCUT2D eigenvalue weighted by molar-refractivity contribution is 6.24. The number of furan rings is 2. The van der Waals surface area contributed by atoms with Gasteiger partial charge in [0.15, 0.2) is 17.5 Å². The van der Waals surface area contributed by atoms with E-state index < -0.39 is 0 Å². The van der Waals surface area contributed by atoms with E-state index in [9.17, 15) is 0 Å². The number of fused-ring (bicyclic) bond motifs is 13. The van der Waals surface area contributed by atoms with Crippen LogP contribution in [0.1, 0.15) is 0 Å². The van der Waals surface area contributed by atoms with Gasteiger partial charge >= 0.3 is 0 Å². The van der Waals surface area contributed by atoms with Crippen LogP contribution in [0.15, 0.2) is 203 Å². The van der Waals surface area contributed by atoms with E-state index in [0.717, 1.165) is 88.1 Å². The molecule has 0 aliphatic rings. The van der Waals surface area contributed by atoms with Crippen LogP contribution in [-0.2, 0) is 0 Å². The minimum Gasteiger partial charge on any atom is -0.456 e. The maximum Gasteiger partial charge on any atom is 0.164 e. The number of para-hydroxylation sites is 2. The summed E-state index contributed by atoms with van der Waals surface area (Å²) in [4.78, 5) is 15.9. The number of rotatable bonds is 4. The van der Waals surface area contributed by atoms with Crippen molar-refractivity contribution in [2.75, 3.05) is 0 Å². The summed E-state index contributed by atoms with van der Waals surface area (Å²) in [7, 11) is 0. The van der Waals surface area contributed by atoms with Gasteiger partial charge in [-0.3, -0.25) is 0 Å². The molecule has 4 aromatic heterocycles. The second kappa shape index (κ2) is 12.9. The molecular weight excluding hydrogens is 773 g/mol. The Morgan fingerprint density at radius 3 is 1.75 bits per heavy atom. The Bertz CT molecular complexity index is 4230. The topological polar surface area (TPSA) is 69.9 Å². The SMILES string of the molecule is c1ccc2cc3c(cc2c1)c1c2ccccc2ccc1n3-c1cc(-c2nc(-c3ccc4oc5ccccc5c4c3)nc(-c3cccc4ccccc34)n2)cc2oc3ccccc3c12. The lowest BCUT2D eigenvalue weighted by Gasteiger charge is -2.14. The van der Waals surface area contributed by atoms with E-state index in [-0.39, 0.29) is 0 Å². The lowest BCUT2D eigenvalue weighted by atomic mass is 10.0. The third-order valence-corrected chi connectivity index (χ3v) is 12.8. The first-order valence-corrected chi connectivity index (χ1v) is 21.2. The van der Waals surface area contributed by atoms with E-state index in [1.165, 1.54) is 32.3 Å². The highest BCUT2D eigenvalue weighted by Gasteiger charge is 2.23. The zero-order valence-corrected chi connectivity index (χ0v) is 33.6. The second-order valence-corrected chi connectivity index (χ2v) is 16.3. The quantitative estimate of drug-likeness (QED) is 0.177. The van der Waals surface area contributed by atoms with Gasteiger partial charge in [-0.25, -0.2) is 15.0 Å². The fraction of sp³-hybridized carbons (Fsp3) is 0. The molecule has 14 aromatic rings. The number of benzene rings is 10. The van der Waals surface area contributed by atoms with Gasteiger partial charge in [-0.15, -0.1) is 0 Å². The summed E-state index contributed by atoms with van der Waals surface area (Å²) in [5.74, 6) is 1.70. The van der Waals surface area contributed by atoms with Gasteiger partial charge in [0, 0.05) is 43.6 Å². The van der Waals surface area contributed by atoms with Crippen molar-refractivity contribution in [3.8, 4) is 39.9 Å². The van der Waals surface area contributed by atoms with Crippen molar-refractivity contribution in [1.29, 1.82) is 0 Å². The molecule has 63 heavy (non-hydrogen) atoms. The molecule has 0 fully saturated rings. The number of aromatic nitrogens is 4. The van der Waals surface area contributed by atoms with Gasteiger partial charge in [0.2, 0.25) is 0 Å². The predicted octanol–water partition coefficient (Wildman–Crippen LogP) is 15.2. The van der Waals surface area contributed by atoms with E-state index in [0.29, 0.717) is 17.5 Å². The van der Waals surface area contributed by atoms with Crippen LogP contribution >= 0.6 is 0 Å². The molecule has 0 spiro atoms. The van der Waals surface area contributed by atoms with Crippen LogP contribution in [0.2, 0.25) is 0 Å². The standard InChI is InChI=1S/C57H32N4O2/c1-2-15-36-30-47-45(28-35(36)14-1)53-40-18-6-4-13-34(40)24-26-46(53)61(47)48-31-38(32-52-54(48)43-20-8-10-23-50(43)63-52)56-58-55(37-25-27-51-44(29-37)41-19-7-9-22-49(41)62-51)59-57(60-56)42-21-11-16-33-12-3-5-17-39(33)42/h1-32H. The molecule has 14 rings (SSSR count). The number of hydrogen-bond donors (Lipinski definition) is 0. The maximum absolute atomic E-state index is 6.79. The molecule has 0 unspecified atom stereocenters. The molecule has 0 aliphatic carbocycles. The van der Waals surface area contributed by atoms with Crippen molar-refractivity contribution in [2.24, 2.45) is 0 Å². The summed E-state index contributed by atoms with van der Waals surface area (Å²) in [5, 5.41) is 13.5. The van der Waals surface area contributed by atoms with Crippen LogP contribution in [0.25, 0.3) is 138 Å². The Hall–Kier alpha value is -8.61.